The Morgan fingerprint density at radius 3 is 2.07 bits per heavy atom. The van der Waals surface area contributed by atoms with Gasteiger partial charge in [0.1, 0.15) is 6.61 Å². The summed E-state index contributed by atoms with van der Waals surface area (Å²) in [4.78, 5) is 11.0. The molecule has 0 saturated heterocycles. The lowest BCUT2D eigenvalue weighted by molar-refractivity contribution is -0.150. The van der Waals surface area contributed by atoms with Crippen molar-refractivity contribution in [1.29, 1.82) is 0 Å². The molecule has 0 aromatic heterocycles. The molecule has 0 fully saturated rings. The maximum Gasteiger partial charge on any atom is 0.308 e. The molecule has 0 radical (unpaired) electrons. The number of hydrogen-bond donors (Lipinski definition) is 0. The first-order valence-corrected chi connectivity index (χ1v) is 4.63. The van der Waals surface area contributed by atoms with Gasteiger partial charge in [0, 0.05) is 0 Å². The summed E-state index contributed by atoms with van der Waals surface area (Å²) in [6, 6.07) is 0. The third-order valence-electron chi connectivity index (χ3n) is 1.33. The molecule has 0 heterocycles. The Balaban J connectivity index is 0. The maximum absolute atomic E-state index is 11.0. The number of carbonyl (C=O) groups is 1. The van der Waals surface area contributed by atoms with Crippen molar-refractivity contribution in [2.75, 3.05) is 13.2 Å². The highest BCUT2D eigenvalue weighted by atomic mass is 16.6. The van der Waals surface area contributed by atoms with E-state index in [1.54, 1.807) is 0 Å². The lowest BCUT2D eigenvalue weighted by Gasteiger charge is -2.19. The van der Waals surface area contributed by atoms with E-state index in [2.05, 4.69) is 0 Å². The van der Waals surface area contributed by atoms with Crippen LogP contribution in [-0.4, -0.2) is 24.8 Å². The van der Waals surface area contributed by atoms with E-state index in [4.69, 9.17) is 9.47 Å². The summed E-state index contributed by atoms with van der Waals surface area (Å²) < 4.78 is 10.3. The molecule has 0 bridgehead atoms. The average Bonchev–Trinajstić information content (AvgIpc) is 1.95. The zero-order valence-corrected chi connectivity index (χ0v) is 9.22. The van der Waals surface area contributed by atoms with Gasteiger partial charge in [-0.2, -0.15) is 0 Å². The normalized spacial score (nSPS) is 11.0. The highest BCUT2D eigenvalue weighted by Gasteiger charge is 2.11. The fraction of sp³-hybridized carbons (Fsp3) is 0.909. The third-order valence-corrected chi connectivity index (χ3v) is 1.33. The Hall–Kier alpha value is -0.570. The standard InChI is InChI=1S/C10H20O3.CH4/c1-8(2)9(11)12-6-7-13-10(3,4)5;/h8H,6-7H2,1-5H3;1H4. The van der Waals surface area contributed by atoms with Crippen molar-refractivity contribution in [3.63, 3.8) is 0 Å². The van der Waals surface area contributed by atoms with E-state index in [9.17, 15) is 4.79 Å². The molecule has 86 valence electrons. The molecule has 0 saturated carbocycles. The summed E-state index contributed by atoms with van der Waals surface area (Å²) in [5.74, 6) is -0.229. The summed E-state index contributed by atoms with van der Waals surface area (Å²) in [6.45, 7) is 10.3. The van der Waals surface area contributed by atoms with Crippen molar-refractivity contribution < 1.29 is 14.3 Å². The molecular weight excluding hydrogens is 180 g/mol. The number of esters is 1. The van der Waals surface area contributed by atoms with Crippen molar-refractivity contribution >= 4 is 5.97 Å². The minimum atomic E-state index is -0.169. The van der Waals surface area contributed by atoms with Crippen LogP contribution < -0.4 is 0 Å². The van der Waals surface area contributed by atoms with Crippen LogP contribution in [0.25, 0.3) is 0 Å². The van der Waals surface area contributed by atoms with Gasteiger partial charge in [-0.25, -0.2) is 0 Å². The third kappa shape index (κ3) is 9.52. The van der Waals surface area contributed by atoms with Crippen LogP contribution in [0.1, 0.15) is 42.0 Å². The molecule has 0 amide bonds. The molecule has 14 heavy (non-hydrogen) atoms. The van der Waals surface area contributed by atoms with Gasteiger partial charge in [0.25, 0.3) is 0 Å². The van der Waals surface area contributed by atoms with E-state index < -0.39 is 0 Å². The van der Waals surface area contributed by atoms with Gasteiger partial charge in [-0.05, 0) is 20.8 Å². The van der Waals surface area contributed by atoms with Crippen molar-refractivity contribution in [3.05, 3.63) is 0 Å². The lowest BCUT2D eigenvalue weighted by atomic mass is 10.2. The van der Waals surface area contributed by atoms with Gasteiger partial charge < -0.3 is 9.47 Å². The topological polar surface area (TPSA) is 35.5 Å². The smallest absolute Gasteiger partial charge is 0.308 e. The van der Waals surface area contributed by atoms with E-state index in [1.165, 1.54) is 0 Å². The maximum atomic E-state index is 11.0. The van der Waals surface area contributed by atoms with Crippen LogP contribution in [0, 0.1) is 5.92 Å². The first-order valence-electron chi connectivity index (χ1n) is 4.63. The molecule has 0 aromatic rings. The molecule has 3 heteroatoms. The van der Waals surface area contributed by atoms with Gasteiger partial charge in [0.15, 0.2) is 0 Å². The molecule has 0 aliphatic carbocycles. The van der Waals surface area contributed by atoms with Crippen LogP contribution >= 0.6 is 0 Å². The van der Waals surface area contributed by atoms with Gasteiger partial charge >= 0.3 is 5.97 Å². The summed E-state index contributed by atoms with van der Waals surface area (Å²) in [5, 5.41) is 0. The second-order valence-electron chi connectivity index (χ2n) is 4.28. The predicted molar refractivity (Wildman–Crippen MR) is 58.2 cm³/mol. The van der Waals surface area contributed by atoms with Crippen molar-refractivity contribution in [1.82, 2.24) is 0 Å². The van der Waals surface area contributed by atoms with Crippen molar-refractivity contribution in [3.8, 4) is 0 Å². The Labute approximate surface area is 87.8 Å². The van der Waals surface area contributed by atoms with Crippen LogP contribution in [0.5, 0.6) is 0 Å². The van der Waals surface area contributed by atoms with Gasteiger partial charge in [0.2, 0.25) is 0 Å². The molecule has 3 nitrogen and oxygen atoms in total. The first kappa shape index (κ1) is 15.9. The summed E-state index contributed by atoms with van der Waals surface area (Å²) in [7, 11) is 0. The fourth-order valence-corrected chi connectivity index (χ4v) is 0.657. The zero-order valence-electron chi connectivity index (χ0n) is 9.22. The zero-order chi connectivity index (χ0) is 10.5. The van der Waals surface area contributed by atoms with E-state index in [0.717, 1.165) is 0 Å². The molecule has 0 atom stereocenters. The Morgan fingerprint density at radius 2 is 1.71 bits per heavy atom. The number of hydrogen-bond acceptors (Lipinski definition) is 3. The predicted octanol–water partition coefficient (Wildman–Crippen LogP) is 2.64. The van der Waals surface area contributed by atoms with Crippen LogP contribution in [0.2, 0.25) is 0 Å². The molecule has 0 aliphatic heterocycles. The van der Waals surface area contributed by atoms with E-state index in [1.807, 2.05) is 34.6 Å². The largest absolute Gasteiger partial charge is 0.463 e. The van der Waals surface area contributed by atoms with Crippen LogP contribution in [0.3, 0.4) is 0 Å². The van der Waals surface area contributed by atoms with Crippen LogP contribution in [-0.2, 0) is 14.3 Å². The summed E-state index contributed by atoms with van der Waals surface area (Å²) >= 11 is 0. The van der Waals surface area contributed by atoms with Crippen molar-refractivity contribution in [2.45, 2.75) is 47.6 Å². The van der Waals surface area contributed by atoms with E-state index in [-0.39, 0.29) is 24.9 Å². The average molecular weight is 204 g/mol. The number of ether oxygens (including phenoxy) is 2. The summed E-state index contributed by atoms with van der Waals surface area (Å²) in [6.07, 6.45) is 0. The van der Waals surface area contributed by atoms with Gasteiger partial charge in [-0.1, -0.05) is 21.3 Å². The second-order valence-corrected chi connectivity index (χ2v) is 4.28. The van der Waals surface area contributed by atoms with Gasteiger partial charge in [0.05, 0.1) is 18.1 Å². The highest BCUT2D eigenvalue weighted by Crippen LogP contribution is 2.06. The molecule has 0 unspecified atom stereocenters. The van der Waals surface area contributed by atoms with Crippen LogP contribution in [0.4, 0.5) is 0 Å². The summed E-state index contributed by atoms with van der Waals surface area (Å²) in [5.41, 5.74) is -0.162. The lowest BCUT2D eigenvalue weighted by Crippen LogP contribution is -2.23. The Morgan fingerprint density at radius 1 is 1.21 bits per heavy atom. The van der Waals surface area contributed by atoms with E-state index in [0.29, 0.717) is 13.2 Å². The second kappa shape index (κ2) is 6.82. The van der Waals surface area contributed by atoms with Crippen molar-refractivity contribution in [2.24, 2.45) is 5.92 Å². The molecule has 0 rings (SSSR count). The minimum Gasteiger partial charge on any atom is -0.463 e. The van der Waals surface area contributed by atoms with E-state index >= 15 is 0 Å². The first-order chi connectivity index (χ1) is 5.83. The van der Waals surface area contributed by atoms with Crippen LogP contribution in [0.15, 0.2) is 0 Å². The Bertz CT molecular complexity index is 156. The molecular formula is C11H24O3. The highest BCUT2D eigenvalue weighted by molar-refractivity contribution is 5.71. The fourth-order valence-electron chi connectivity index (χ4n) is 0.657. The molecule has 0 N–H and O–H groups in total. The Kier molecular flexibility index (Phi) is 7.74. The number of carbonyl (C=O) groups excluding carboxylic acids is 1. The minimum absolute atomic E-state index is 0. The monoisotopic (exact) mass is 204 g/mol. The number of rotatable bonds is 4. The van der Waals surface area contributed by atoms with Gasteiger partial charge in [-0.3, -0.25) is 4.79 Å². The molecule has 0 aliphatic rings. The van der Waals surface area contributed by atoms with Gasteiger partial charge in [-0.15, -0.1) is 0 Å². The molecule has 0 aromatic carbocycles. The SMILES string of the molecule is C.CC(C)C(=O)OCCOC(C)(C)C. The quantitative estimate of drug-likeness (QED) is 0.521. The molecule has 0 spiro atoms.